The van der Waals surface area contributed by atoms with Gasteiger partial charge >= 0.3 is 0 Å². The summed E-state index contributed by atoms with van der Waals surface area (Å²) in [7, 11) is 0. The quantitative estimate of drug-likeness (QED) is 0.531. The fraction of sp³-hybridized carbons (Fsp3) is 0.100. The smallest absolute Gasteiger partial charge is 0.251 e. The van der Waals surface area contributed by atoms with Gasteiger partial charge in [-0.15, -0.1) is 0 Å². The second-order valence-corrected chi connectivity index (χ2v) is 6.67. The molecule has 0 aliphatic heterocycles. The minimum Gasteiger partial charge on any atom is -0.467 e. The average Bonchev–Trinajstić information content (AvgIpc) is 3.18. The van der Waals surface area contributed by atoms with Crippen molar-refractivity contribution in [3.05, 3.63) is 82.7 Å². The van der Waals surface area contributed by atoms with E-state index in [9.17, 15) is 9.59 Å². The van der Waals surface area contributed by atoms with Gasteiger partial charge in [0.1, 0.15) is 5.76 Å². The Bertz CT molecular complexity index is 908. The van der Waals surface area contributed by atoms with E-state index in [1.165, 1.54) is 0 Å². The van der Waals surface area contributed by atoms with Crippen LogP contribution in [0.1, 0.15) is 16.1 Å². The molecule has 138 valence electrons. The van der Waals surface area contributed by atoms with Gasteiger partial charge in [-0.1, -0.05) is 22.0 Å². The summed E-state index contributed by atoms with van der Waals surface area (Å²) in [6.07, 6.45) is 1.56. The molecule has 0 saturated carbocycles. The van der Waals surface area contributed by atoms with Gasteiger partial charge in [0.2, 0.25) is 5.91 Å². The van der Waals surface area contributed by atoms with Crippen LogP contribution in [-0.4, -0.2) is 18.4 Å². The molecule has 0 bridgehead atoms. The Hall–Kier alpha value is -3.06. The van der Waals surface area contributed by atoms with Crippen LogP contribution >= 0.6 is 15.9 Å². The molecule has 0 spiro atoms. The van der Waals surface area contributed by atoms with Gasteiger partial charge < -0.3 is 20.4 Å². The summed E-state index contributed by atoms with van der Waals surface area (Å²) in [6.45, 7) is 0.457. The average molecular weight is 428 g/mol. The van der Waals surface area contributed by atoms with Crippen LogP contribution in [0.3, 0.4) is 0 Å². The molecule has 0 saturated heterocycles. The number of furan rings is 1. The lowest BCUT2D eigenvalue weighted by atomic mass is 10.2. The van der Waals surface area contributed by atoms with Gasteiger partial charge in [-0.25, -0.2) is 0 Å². The minimum absolute atomic E-state index is 0.122. The highest BCUT2D eigenvalue weighted by molar-refractivity contribution is 9.10. The molecule has 27 heavy (non-hydrogen) atoms. The largest absolute Gasteiger partial charge is 0.467 e. The molecule has 0 atom stereocenters. The molecule has 7 heteroatoms. The third kappa shape index (κ3) is 5.72. The lowest BCUT2D eigenvalue weighted by Crippen LogP contribution is -2.23. The summed E-state index contributed by atoms with van der Waals surface area (Å²) < 4.78 is 6.07. The molecule has 2 amide bonds. The topological polar surface area (TPSA) is 83.4 Å². The highest BCUT2D eigenvalue weighted by atomic mass is 79.9. The van der Waals surface area contributed by atoms with Gasteiger partial charge in [0.05, 0.1) is 19.4 Å². The number of carbonyl (C=O) groups excluding carboxylic acids is 2. The van der Waals surface area contributed by atoms with Crippen LogP contribution in [0.25, 0.3) is 0 Å². The van der Waals surface area contributed by atoms with E-state index in [1.807, 2.05) is 24.3 Å². The number of amides is 2. The maximum Gasteiger partial charge on any atom is 0.251 e. The van der Waals surface area contributed by atoms with Crippen LogP contribution in [0.5, 0.6) is 0 Å². The van der Waals surface area contributed by atoms with Gasteiger partial charge in [-0.3, -0.25) is 9.59 Å². The van der Waals surface area contributed by atoms with Crippen molar-refractivity contribution in [2.75, 3.05) is 17.2 Å². The van der Waals surface area contributed by atoms with E-state index in [4.69, 9.17) is 4.42 Å². The number of hydrogen-bond donors (Lipinski definition) is 3. The number of carbonyl (C=O) groups is 2. The zero-order valence-electron chi connectivity index (χ0n) is 14.4. The fourth-order valence-corrected chi connectivity index (χ4v) is 2.78. The molecule has 0 fully saturated rings. The van der Waals surface area contributed by atoms with Crippen molar-refractivity contribution >= 4 is 39.1 Å². The third-order valence-corrected chi connectivity index (χ3v) is 4.21. The number of nitrogens with one attached hydrogen (secondary N) is 3. The number of rotatable bonds is 7. The van der Waals surface area contributed by atoms with Crippen molar-refractivity contribution < 1.29 is 14.0 Å². The van der Waals surface area contributed by atoms with Crippen molar-refractivity contribution in [1.29, 1.82) is 0 Å². The first-order valence-corrected chi connectivity index (χ1v) is 9.09. The second kappa shape index (κ2) is 9.05. The van der Waals surface area contributed by atoms with Gasteiger partial charge in [0.25, 0.3) is 5.91 Å². The standard InChI is InChI=1S/C20H18BrN3O3/c21-15-3-1-4-17(11-15)24-19(25)13-22-16-8-6-14(7-9-16)20(26)23-12-18-5-2-10-27-18/h1-11,22H,12-13H2,(H,23,26)(H,24,25). The maximum atomic E-state index is 12.1. The van der Waals surface area contributed by atoms with Crippen LogP contribution in [0, 0.1) is 0 Å². The Morgan fingerprint density at radius 1 is 0.963 bits per heavy atom. The van der Waals surface area contributed by atoms with Gasteiger partial charge in [0, 0.05) is 21.4 Å². The Kier molecular flexibility index (Phi) is 6.27. The zero-order valence-corrected chi connectivity index (χ0v) is 16.0. The van der Waals surface area contributed by atoms with E-state index in [2.05, 4.69) is 31.9 Å². The summed E-state index contributed by atoms with van der Waals surface area (Å²) in [6, 6.07) is 17.9. The molecule has 3 aromatic rings. The first-order valence-electron chi connectivity index (χ1n) is 8.30. The van der Waals surface area contributed by atoms with Crippen molar-refractivity contribution in [2.45, 2.75) is 6.54 Å². The lowest BCUT2D eigenvalue weighted by Gasteiger charge is -2.09. The summed E-state index contributed by atoms with van der Waals surface area (Å²) in [5.41, 5.74) is 2.01. The molecule has 1 aromatic heterocycles. The highest BCUT2D eigenvalue weighted by Gasteiger charge is 2.07. The van der Waals surface area contributed by atoms with E-state index in [-0.39, 0.29) is 18.4 Å². The summed E-state index contributed by atoms with van der Waals surface area (Å²) in [4.78, 5) is 24.1. The van der Waals surface area contributed by atoms with Crippen LogP contribution < -0.4 is 16.0 Å². The van der Waals surface area contributed by atoms with Crippen LogP contribution in [0.2, 0.25) is 0 Å². The van der Waals surface area contributed by atoms with Gasteiger partial charge in [-0.2, -0.15) is 0 Å². The first kappa shape index (κ1) is 18.7. The molecule has 6 nitrogen and oxygen atoms in total. The first-order chi connectivity index (χ1) is 13.1. The van der Waals surface area contributed by atoms with Crippen molar-refractivity contribution in [3.63, 3.8) is 0 Å². The summed E-state index contributed by atoms with van der Waals surface area (Å²) >= 11 is 3.36. The highest BCUT2D eigenvalue weighted by Crippen LogP contribution is 2.15. The van der Waals surface area contributed by atoms with E-state index >= 15 is 0 Å². The van der Waals surface area contributed by atoms with Crippen LogP contribution in [0.4, 0.5) is 11.4 Å². The number of halogens is 1. The zero-order chi connectivity index (χ0) is 19.1. The Balaban J connectivity index is 1.47. The Labute approximate surface area is 165 Å². The Morgan fingerprint density at radius 3 is 2.48 bits per heavy atom. The van der Waals surface area contributed by atoms with Gasteiger partial charge in [0.15, 0.2) is 0 Å². The molecular weight excluding hydrogens is 410 g/mol. The van der Waals surface area contributed by atoms with E-state index in [0.717, 1.165) is 15.8 Å². The molecular formula is C20H18BrN3O3. The summed E-state index contributed by atoms with van der Waals surface area (Å²) in [5, 5.41) is 8.62. The van der Waals surface area contributed by atoms with E-state index in [1.54, 1.807) is 42.7 Å². The predicted molar refractivity (Wildman–Crippen MR) is 108 cm³/mol. The SMILES string of the molecule is O=C(CNc1ccc(C(=O)NCc2ccco2)cc1)Nc1cccc(Br)c1. The van der Waals surface area contributed by atoms with E-state index in [0.29, 0.717) is 17.9 Å². The molecule has 0 radical (unpaired) electrons. The van der Waals surface area contributed by atoms with Crippen molar-refractivity contribution in [3.8, 4) is 0 Å². The molecule has 3 N–H and O–H groups in total. The minimum atomic E-state index is -0.189. The molecule has 1 heterocycles. The normalized spacial score (nSPS) is 10.3. The Morgan fingerprint density at radius 2 is 1.78 bits per heavy atom. The van der Waals surface area contributed by atoms with Crippen LogP contribution in [-0.2, 0) is 11.3 Å². The van der Waals surface area contributed by atoms with E-state index < -0.39 is 0 Å². The predicted octanol–water partition coefficient (Wildman–Crippen LogP) is 4.02. The molecule has 0 unspecified atom stereocenters. The van der Waals surface area contributed by atoms with Crippen molar-refractivity contribution in [2.24, 2.45) is 0 Å². The monoisotopic (exact) mass is 427 g/mol. The lowest BCUT2D eigenvalue weighted by molar-refractivity contribution is -0.114. The summed E-state index contributed by atoms with van der Waals surface area (Å²) in [5.74, 6) is 0.344. The van der Waals surface area contributed by atoms with Crippen molar-refractivity contribution in [1.82, 2.24) is 5.32 Å². The molecule has 0 aliphatic carbocycles. The fourth-order valence-electron chi connectivity index (χ4n) is 2.38. The number of hydrogen-bond acceptors (Lipinski definition) is 4. The third-order valence-electron chi connectivity index (χ3n) is 3.71. The molecule has 2 aromatic carbocycles. The molecule has 3 rings (SSSR count). The van der Waals surface area contributed by atoms with Gasteiger partial charge in [-0.05, 0) is 54.6 Å². The second-order valence-electron chi connectivity index (χ2n) is 5.75. The number of anilines is 2. The molecule has 0 aliphatic rings. The van der Waals surface area contributed by atoms with Crippen LogP contribution in [0.15, 0.2) is 75.8 Å². The maximum absolute atomic E-state index is 12.1. The number of benzene rings is 2.